The zero-order valence-corrected chi connectivity index (χ0v) is 12.0. The second-order valence-corrected chi connectivity index (χ2v) is 5.66. The number of likely N-dealkylation sites (N-methyl/N-ethyl adjacent to an activating group) is 1. The summed E-state index contributed by atoms with van der Waals surface area (Å²) in [5.74, 6) is 0.0589. The van der Waals surface area contributed by atoms with E-state index < -0.39 is 0 Å². The van der Waals surface area contributed by atoms with Crippen LogP contribution in [0.4, 0.5) is 0 Å². The third kappa shape index (κ3) is 2.27. The van der Waals surface area contributed by atoms with Gasteiger partial charge < -0.3 is 4.90 Å². The van der Waals surface area contributed by atoms with Crippen LogP contribution in [0.2, 0.25) is 0 Å². The van der Waals surface area contributed by atoms with Crippen LogP contribution in [0.1, 0.15) is 4.88 Å². The van der Waals surface area contributed by atoms with Crippen LogP contribution < -0.4 is 0 Å². The summed E-state index contributed by atoms with van der Waals surface area (Å²) in [5.41, 5.74) is 1.74. The number of amides is 1. The topological polar surface area (TPSA) is 63.9 Å². The van der Waals surface area contributed by atoms with E-state index in [-0.39, 0.29) is 5.91 Å². The molecule has 0 unspecified atom stereocenters. The van der Waals surface area contributed by atoms with Crippen molar-refractivity contribution in [3.8, 4) is 5.13 Å². The van der Waals surface area contributed by atoms with E-state index in [2.05, 4.69) is 15.3 Å². The Hall–Kier alpha value is -2.28. The molecule has 6 nitrogen and oxygen atoms in total. The Kier molecular flexibility index (Phi) is 3.19. The summed E-state index contributed by atoms with van der Waals surface area (Å²) in [4.78, 5) is 18.5. The molecule has 0 N–H and O–H groups in total. The highest BCUT2D eigenvalue weighted by Crippen LogP contribution is 2.21. The lowest BCUT2D eigenvalue weighted by Gasteiger charge is -2.07. The first-order valence-corrected chi connectivity index (χ1v) is 6.92. The molecule has 0 radical (unpaired) electrons. The highest BCUT2D eigenvalue weighted by molar-refractivity contribution is 7.14. The van der Waals surface area contributed by atoms with E-state index in [0.717, 1.165) is 21.0 Å². The van der Waals surface area contributed by atoms with Gasteiger partial charge in [0.2, 0.25) is 11.0 Å². The monoisotopic (exact) mass is 287 g/mol. The van der Waals surface area contributed by atoms with Crippen LogP contribution in [-0.4, -0.2) is 44.9 Å². The van der Waals surface area contributed by atoms with Gasteiger partial charge in [-0.05, 0) is 12.1 Å². The lowest BCUT2D eigenvalue weighted by Crippen LogP contribution is -2.23. The highest BCUT2D eigenvalue weighted by Gasteiger charge is 2.12. The van der Waals surface area contributed by atoms with Crippen molar-refractivity contribution in [2.45, 2.75) is 6.42 Å². The van der Waals surface area contributed by atoms with Gasteiger partial charge in [-0.2, -0.15) is 4.68 Å². The Bertz CT molecular complexity index is 761. The molecule has 3 aromatic rings. The Morgan fingerprint density at radius 2 is 2.15 bits per heavy atom. The summed E-state index contributed by atoms with van der Waals surface area (Å²) >= 11 is 1.45. The second kappa shape index (κ2) is 5.01. The molecule has 2 aromatic heterocycles. The van der Waals surface area contributed by atoms with E-state index in [0.29, 0.717) is 6.42 Å². The maximum absolute atomic E-state index is 11.7. The van der Waals surface area contributed by atoms with Crippen molar-refractivity contribution >= 4 is 28.3 Å². The number of fused-ring (bicyclic) bond motifs is 1. The molecule has 20 heavy (non-hydrogen) atoms. The summed E-state index contributed by atoms with van der Waals surface area (Å²) in [6.45, 7) is 0. The van der Waals surface area contributed by atoms with Gasteiger partial charge in [-0.25, -0.2) is 4.98 Å². The first-order valence-electron chi connectivity index (χ1n) is 6.11. The van der Waals surface area contributed by atoms with Crippen molar-refractivity contribution in [1.82, 2.24) is 24.9 Å². The fourth-order valence-electron chi connectivity index (χ4n) is 1.79. The molecule has 0 bridgehead atoms. The number of nitrogens with zero attached hydrogens (tertiary/aromatic N) is 5. The lowest BCUT2D eigenvalue weighted by atomic mass is 10.3. The van der Waals surface area contributed by atoms with Crippen LogP contribution in [0.25, 0.3) is 16.2 Å². The minimum Gasteiger partial charge on any atom is -0.349 e. The van der Waals surface area contributed by atoms with E-state index in [4.69, 9.17) is 0 Å². The minimum atomic E-state index is 0.0589. The van der Waals surface area contributed by atoms with Crippen molar-refractivity contribution < 1.29 is 4.79 Å². The quantitative estimate of drug-likeness (QED) is 0.732. The maximum Gasteiger partial charge on any atom is 0.227 e. The zero-order chi connectivity index (χ0) is 14.1. The molecule has 0 saturated heterocycles. The molecule has 0 fully saturated rings. The van der Waals surface area contributed by atoms with Gasteiger partial charge in [-0.1, -0.05) is 28.7 Å². The number of carbonyl (C=O) groups excluding carboxylic acids is 1. The molecule has 0 saturated carbocycles. The van der Waals surface area contributed by atoms with Crippen LogP contribution >= 0.6 is 11.3 Å². The Morgan fingerprint density at radius 1 is 1.35 bits per heavy atom. The van der Waals surface area contributed by atoms with E-state index >= 15 is 0 Å². The third-order valence-corrected chi connectivity index (χ3v) is 3.87. The molecular weight excluding hydrogens is 274 g/mol. The van der Waals surface area contributed by atoms with E-state index in [1.54, 1.807) is 29.9 Å². The van der Waals surface area contributed by atoms with Gasteiger partial charge in [0.15, 0.2) is 0 Å². The summed E-state index contributed by atoms with van der Waals surface area (Å²) in [6, 6.07) is 7.71. The molecule has 0 atom stereocenters. The number of hydrogen-bond acceptors (Lipinski definition) is 5. The molecule has 1 aromatic carbocycles. The Morgan fingerprint density at radius 3 is 2.95 bits per heavy atom. The molecule has 0 aliphatic rings. The summed E-state index contributed by atoms with van der Waals surface area (Å²) in [6.07, 6.45) is 2.08. The predicted octanol–water partition coefficient (Wildman–Crippen LogP) is 1.51. The number of benzene rings is 1. The van der Waals surface area contributed by atoms with Gasteiger partial charge in [0.05, 0.1) is 11.9 Å². The molecule has 0 spiro atoms. The number of thiazole rings is 1. The van der Waals surface area contributed by atoms with Crippen molar-refractivity contribution in [3.63, 3.8) is 0 Å². The number of para-hydroxylation sites is 1. The van der Waals surface area contributed by atoms with Crippen molar-refractivity contribution in [1.29, 1.82) is 0 Å². The fraction of sp³-hybridized carbons (Fsp3) is 0.231. The van der Waals surface area contributed by atoms with Crippen LogP contribution in [0, 0.1) is 0 Å². The molecule has 3 rings (SSSR count). The van der Waals surface area contributed by atoms with Gasteiger partial charge in [-0.15, -0.1) is 5.10 Å². The van der Waals surface area contributed by atoms with Gasteiger partial charge in [0.25, 0.3) is 0 Å². The smallest absolute Gasteiger partial charge is 0.227 e. The molecule has 102 valence electrons. The van der Waals surface area contributed by atoms with Crippen molar-refractivity contribution in [2.24, 2.45) is 0 Å². The SMILES string of the molecule is CN(C)C(=O)Cc1cnc(-n2nnc3ccccc32)s1. The Labute approximate surface area is 119 Å². The number of carbonyl (C=O) groups is 1. The molecule has 1 amide bonds. The first-order chi connectivity index (χ1) is 9.65. The zero-order valence-electron chi connectivity index (χ0n) is 11.1. The second-order valence-electron chi connectivity index (χ2n) is 4.56. The normalized spacial score (nSPS) is 10.9. The largest absolute Gasteiger partial charge is 0.349 e. The van der Waals surface area contributed by atoms with Crippen LogP contribution in [0.3, 0.4) is 0 Å². The molecule has 7 heteroatoms. The van der Waals surface area contributed by atoms with Crippen LogP contribution in [0.15, 0.2) is 30.5 Å². The lowest BCUT2D eigenvalue weighted by molar-refractivity contribution is -0.127. The van der Waals surface area contributed by atoms with Gasteiger partial charge in [0.1, 0.15) is 5.52 Å². The summed E-state index contributed by atoms with van der Waals surface area (Å²) < 4.78 is 1.70. The third-order valence-electron chi connectivity index (χ3n) is 2.90. The number of hydrogen-bond donors (Lipinski definition) is 0. The molecule has 0 aliphatic heterocycles. The predicted molar refractivity (Wildman–Crippen MR) is 76.9 cm³/mol. The molecule has 0 aliphatic carbocycles. The van der Waals surface area contributed by atoms with E-state index in [1.165, 1.54) is 11.3 Å². The fourth-order valence-corrected chi connectivity index (χ4v) is 2.66. The molecular formula is C13H13N5OS. The maximum atomic E-state index is 11.7. The minimum absolute atomic E-state index is 0.0589. The average Bonchev–Trinajstić information content (AvgIpc) is 3.04. The van der Waals surface area contributed by atoms with Crippen molar-refractivity contribution in [3.05, 3.63) is 35.3 Å². The van der Waals surface area contributed by atoms with E-state index in [1.807, 2.05) is 24.3 Å². The van der Waals surface area contributed by atoms with E-state index in [9.17, 15) is 4.79 Å². The molecule has 2 heterocycles. The van der Waals surface area contributed by atoms with Crippen LogP contribution in [-0.2, 0) is 11.2 Å². The van der Waals surface area contributed by atoms with Crippen molar-refractivity contribution in [2.75, 3.05) is 14.1 Å². The summed E-state index contributed by atoms with van der Waals surface area (Å²) in [7, 11) is 3.49. The standard InChI is InChI=1S/C13H13N5OS/c1-17(2)12(19)7-9-8-14-13(20-9)18-11-6-4-3-5-10(11)15-16-18/h3-6,8H,7H2,1-2H3. The van der Waals surface area contributed by atoms with Gasteiger partial charge >= 0.3 is 0 Å². The number of aromatic nitrogens is 4. The average molecular weight is 287 g/mol. The number of rotatable bonds is 3. The van der Waals surface area contributed by atoms with Crippen LogP contribution in [0.5, 0.6) is 0 Å². The van der Waals surface area contributed by atoms with Gasteiger partial charge in [-0.3, -0.25) is 4.79 Å². The Balaban J connectivity index is 1.92. The van der Waals surface area contributed by atoms with Gasteiger partial charge in [0, 0.05) is 25.2 Å². The summed E-state index contributed by atoms with van der Waals surface area (Å²) in [5, 5.41) is 8.93. The first kappa shape index (κ1) is 12.7. The highest BCUT2D eigenvalue weighted by atomic mass is 32.1.